The highest BCUT2D eigenvalue weighted by molar-refractivity contribution is 6.06. The lowest BCUT2D eigenvalue weighted by Gasteiger charge is -2.44. The van der Waals surface area contributed by atoms with Crippen LogP contribution in [0.1, 0.15) is 26.7 Å². The highest BCUT2D eigenvalue weighted by atomic mass is 16.5. The van der Waals surface area contributed by atoms with Gasteiger partial charge in [-0.15, -0.1) is 0 Å². The summed E-state index contributed by atoms with van der Waals surface area (Å²) in [6, 6.07) is 7.79. The first-order valence-electron chi connectivity index (χ1n) is 9.79. The minimum Gasteiger partial charge on any atom is -0.372 e. The van der Waals surface area contributed by atoms with Crippen LogP contribution in [0.15, 0.2) is 24.3 Å². The van der Waals surface area contributed by atoms with E-state index in [2.05, 4.69) is 15.5 Å². The molecule has 0 aromatic heterocycles. The molecule has 2 fully saturated rings. The highest BCUT2D eigenvalue weighted by Gasteiger charge is 2.44. The van der Waals surface area contributed by atoms with Crippen molar-refractivity contribution in [3.8, 4) is 0 Å². The maximum absolute atomic E-state index is 12.7. The number of hydrogen-bond acceptors (Lipinski definition) is 5. The second-order valence-electron chi connectivity index (χ2n) is 8.04. The molecule has 146 valence electrons. The van der Waals surface area contributed by atoms with Crippen molar-refractivity contribution in [1.82, 2.24) is 9.80 Å². The Kier molecular flexibility index (Phi) is 4.82. The molecule has 0 unspecified atom stereocenters. The van der Waals surface area contributed by atoms with Gasteiger partial charge in [0, 0.05) is 26.2 Å². The first kappa shape index (κ1) is 18.3. The van der Waals surface area contributed by atoms with Crippen LogP contribution in [0.3, 0.4) is 0 Å². The van der Waals surface area contributed by atoms with Gasteiger partial charge in [0.05, 0.1) is 30.1 Å². The van der Waals surface area contributed by atoms with Gasteiger partial charge in [0.1, 0.15) is 5.54 Å². The molecule has 4 rings (SSSR count). The maximum atomic E-state index is 12.7. The van der Waals surface area contributed by atoms with Gasteiger partial charge in [0.25, 0.3) is 0 Å². The summed E-state index contributed by atoms with van der Waals surface area (Å²) in [5.74, 6) is 0.183. The summed E-state index contributed by atoms with van der Waals surface area (Å²) in [6.45, 7) is 7.18. The number of nitrogens with zero attached hydrogens (tertiary/aromatic N) is 2. The molecule has 7 nitrogen and oxygen atoms in total. The predicted molar refractivity (Wildman–Crippen MR) is 104 cm³/mol. The van der Waals surface area contributed by atoms with Crippen LogP contribution in [0.4, 0.5) is 11.4 Å². The van der Waals surface area contributed by atoms with Crippen molar-refractivity contribution in [3.05, 3.63) is 24.3 Å². The van der Waals surface area contributed by atoms with Crippen molar-refractivity contribution in [1.29, 1.82) is 0 Å². The van der Waals surface area contributed by atoms with Gasteiger partial charge in [0.2, 0.25) is 11.8 Å². The lowest BCUT2D eigenvalue weighted by atomic mass is 9.84. The molecule has 3 aliphatic rings. The highest BCUT2D eigenvalue weighted by Crippen LogP contribution is 2.36. The van der Waals surface area contributed by atoms with Gasteiger partial charge in [0.15, 0.2) is 0 Å². The normalized spacial score (nSPS) is 27.6. The van der Waals surface area contributed by atoms with E-state index in [0.717, 1.165) is 24.5 Å². The van der Waals surface area contributed by atoms with Crippen LogP contribution < -0.4 is 10.6 Å². The van der Waals surface area contributed by atoms with Crippen molar-refractivity contribution < 1.29 is 14.3 Å². The molecule has 0 radical (unpaired) electrons. The Labute approximate surface area is 160 Å². The number of likely N-dealkylation sites (tertiary alicyclic amines) is 1. The Morgan fingerprint density at radius 3 is 2.44 bits per heavy atom. The fraction of sp³-hybridized carbons (Fsp3) is 0.600. The van der Waals surface area contributed by atoms with Gasteiger partial charge >= 0.3 is 0 Å². The summed E-state index contributed by atoms with van der Waals surface area (Å²) in [5.41, 5.74) is 1.23. The van der Waals surface area contributed by atoms with Crippen LogP contribution in [0.5, 0.6) is 0 Å². The number of amides is 2. The van der Waals surface area contributed by atoms with E-state index < -0.39 is 5.54 Å². The molecule has 2 saturated heterocycles. The minimum atomic E-state index is -0.574. The number of carbonyl (C=O) groups excluding carboxylic acids is 2. The van der Waals surface area contributed by atoms with Crippen LogP contribution in [-0.4, -0.2) is 72.1 Å². The number of hydrogen-bond donors (Lipinski definition) is 2. The first-order chi connectivity index (χ1) is 12.9. The van der Waals surface area contributed by atoms with Crippen LogP contribution in [0, 0.1) is 0 Å². The fourth-order valence-electron chi connectivity index (χ4n) is 4.38. The smallest absolute Gasteiger partial charge is 0.250 e. The zero-order valence-electron chi connectivity index (χ0n) is 16.0. The van der Waals surface area contributed by atoms with Crippen molar-refractivity contribution in [3.63, 3.8) is 0 Å². The fourth-order valence-corrected chi connectivity index (χ4v) is 4.38. The number of anilines is 2. The number of fused-ring (bicyclic) bond motifs is 1. The monoisotopic (exact) mass is 372 g/mol. The summed E-state index contributed by atoms with van der Waals surface area (Å²) in [5, 5.41) is 6.49. The Morgan fingerprint density at radius 1 is 1.15 bits per heavy atom. The predicted octanol–water partition coefficient (Wildman–Crippen LogP) is 1.52. The summed E-state index contributed by atoms with van der Waals surface area (Å²) in [6.07, 6.45) is 1.54. The topological polar surface area (TPSA) is 73.9 Å². The molecule has 0 saturated carbocycles. The second-order valence-corrected chi connectivity index (χ2v) is 8.04. The largest absolute Gasteiger partial charge is 0.372 e. The summed E-state index contributed by atoms with van der Waals surface area (Å²) in [7, 11) is 0. The average molecular weight is 372 g/mol. The van der Waals surface area contributed by atoms with Crippen molar-refractivity contribution in [2.75, 3.05) is 43.4 Å². The van der Waals surface area contributed by atoms with Crippen molar-refractivity contribution >= 4 is 23.2 Å². The van der Waals surface area contributed by atoms with Gasteiger partial charge in [-0.3, -0.25) is 14.5 Å². The quantitative estimate of drug-likeness (QED) is 0.823. The molecule has 2 N–H and O–H groups in total. The second kappa shape index (κ2) is 7.13. The van der Waals surface area contributed by atoms with E-state index in [1.807, 2.05) is 43.0 Å². The summed E-state index contributed by atoms with van der Waals surface area (Å²) < 4.78 is 5.71. The Bertz CT molecular complexity index is 720. The van der Waals surface area contributed by atoms with Crippen LogP contribution in [-0.2, 0) is 14.3 Å². The molecule has 3 aliphatic heterocycles. The van der Waals surface area contributed by atoms with Crippen molar-refractivity contribution in [2.24, 2.45) is 0 Å². The number of benzene rings is 1. The third-order valence-corrected chi connectivity index (χ3v) is 5.82. The molecular weight excluding hydrogens is 344 g/mol. The Hall–Kier alpha value is -2.12. The number of piperidine rings is 1. The van der Waals surface area contributed by atoms with E-state index >= 15 is 0 Å². The van der Waals surface area contributed by atoms with E-state index in [-0.39, 0.29) is 24.0 Å². The van der Waals surface area contributed by atoms with E-state index in [4.69, 9.17) is 4.74 Å². The standard InChI is InChI=1S/C20H28N4O3/c1-14-11-24(12-15(2)27-14)18(25)13-23-9-7-20(8-10-23)19(26)21-16-5-3-4-6-17(16)22-20/h3-6,14-15,22H,7-13H2,1-2H3,(H,21,26)/t14-,15+. The van der Waals surface area contributed by atoms with Crippen LogP contribution in [0.25, 0.3) is 0 Å². The van der Waals surface area contributed by atoms with E-state index in [9.17, 15) is 9.59 Å². The molecule has 0 bridgehead atoms. The van der Waals surface area contributed by atoms with E-state index in [1.165, 1.54) is 0 Å². The van der Waals surface area contributed by atoms with Gasteiger partial charge in [-0.1, -0.05) is 12.1 Å². The molecular formula is C20H28N4O3. The average Bonchev–Trinajstić information content (AvgIpc) is 2.64. The van der Waals surface area contributed by atoms with Gasteiger partial charge in [-0.05, 0) is 38.8 Å². The number of morpholine rings is 1. The van der Waals surface area contributed by atoms with Crippen molar-refractivity contribution in [2.45, 2.75) is 44.4 Å². The summed E-state index contributed by atoms with van der Waals surface area (Å²) >= 11 is 0. The zero-order valence-corrected chi connectivity index (χ0v) is 16.0. The van der Waals surface area contributed by atoms with Crippen LogP contribution in [0.2, 0.25) is 0 Å². The number of para-hydroxylation sites is 2. The number of carbonyl (C=O) groups is 2. The number of ether oxygens (including phenoxy) is 1. The molecule has 1 spiro atoms. The Morgan fingerprint density at radius 2 is 1.78 bits per heavy atom. The van der Waals surface area contributed by atoms with E-state index in [1.54, 1.807) is 0 Å². The lowest BCUT2D eigenvalue weighted by Crippen LogP contribution is -2.59. The molecule has 27 heavy (non-hydrogen) atoms. The zero-order chi connectivity index (χ0) is 19.0. The lowest BCUT2D eigenvalue weighted by molar-refractivity contribution is -0.144. The maximum Gasteiger partial charge on any atom is 0.250 e. The van der Waals surface area contributed by atoms with E-state index in [0.29, 0.717) is 32.5 Å². The number of rotatable bonds is 2. The molecule has 2 amide bonds. The number of nitrogens with one attached hydrogen (secondary N) is 2. The minimum absolute atomic E-state index is 0.0306. The molecule has 3 heterocycles. The molecule has 2 atom stereocenters. The molecule has 1 aromatic rings. The third kappa shape index (κ3) is 3.66. The van der Waals surface area contributed by atoms with Gasteiger partial charge in [-0.2, -0.15) is 0 Å². The van der Waals surface area contributed by atoms with Gasteiger partial charge < -0.3 is 20.3 Å². The molecule has 7 heteroatoms. The molecule has 0 aliphatic carbocycles. The van der Waals surface area contributed by atoms with Gasteiger partial charge in [-0.25, -0.2) is 0 Å². The van der Waals surface area contributed by atoms with Crippen LogP contribution >= 0.6 is 0 Å². The summed E-state index contributed by atoms with van der Waals surface area (Å²) in [4.78, 5) is 29.5. The molecule has 1 aromatic carbocycles. The Balaban J connectivity index is 1.35. The SMILES string of the molecule is C[C@@H]1CN(C(=O)CN2CCC3(CC2)Nc2ccccc2NC3=O)C[C@H](C)O1. The third-order valence-electron chi connectivity index (χ3n) is 5.82. The first-order valence-corrected chi connectivity index (χ1v) is 9.79.